The van der Waals surface area contributed by atoms with Gasteiger partial charge in [-0.15, -0.1) is 0 Å². The van der Waals surface area contributed by atoms with E-state index in [4.69, 9.17) is 0 Å². The van der Waals surface area contributed by atoms with Gasteiger partial charge in [0, 0.05) is 0 Å². The maximum Gasteiger partial charge on any atom is 0.0657 e. The second-order valence-corrected chi connectivity index (χ2v) is 13.7. The Morgan fingerprint density at radius 1 is 0.700 bits per heavy atom. The van der Waals surface area contributed by atoms with Crippen LogP contribution in [0.2, 0.25) is 22.2 Å². The van der Waals surface area contributed by atoms with Crippen LogP contribution < -0.4 is 0 Å². The van der Waals surface area contributed by atoms with Crippen LogP contribution in [0.15, 0.2) is 0 Å². The summed E-state index contributed by atoms with van der Waals surface area (Å²) in [6, 6.07) is 0. The summed E-state index contributed by atoms with van der Waals surface area (Å²) in [5, 5.41) is 0. The van der Waals surface area contributed by atoms with Gasteiger partial charge in [0.15, 0.2) is 0 Å². The molecule has 0 radical (unpaired) electrons. The fourth-order valence-corrected chi connectivity index (χ4v) is 16.2. The van der Waals surface area contributed by atoms with Crippen LogP contribution in [-0.2, 0) is 0 Å². The number of hydrogen-bond acceptors (Lipinski definition) is 0. The van der Waals surface area contributed by atoms with E-state index in [0.717, 1.165) is 5.54 Å². The van der Waals surface area contributed by atoms with E-state index in [2.05, 4.69) is 13.8 Å². The van der Waals surface area contributed by atoms with Crippen molar-refractivity contribution in [2.45, 2.75) is 119 Å². The van der Waals surface area contributed by atoms with Gasteiger partial charge in [0.1, 0.15) is 0 Å². The van der Waals surface area contributed by atoms with Crippen molar-refractivity contribution in [3.63, 3.8) is 0 Å². The van der Waals surface area contributed by atoms with Crippen LogP contribution in [0.4, 0.5) is 0 Å². The highest BCUT2D eigenvalue weighted by atomic mass is 28.3. The lowest BCUT2D eigenvalue weighted by Crippen LogP contribution is -2.50. The summed E-state index contributed by atoms with van der Waals surface area (Å²) in [6.07, 6.45) is 20.6. The van der Waals surface area contributed by atoms with Gasteiger partial charge in [0.25, 0.3) is 0 Å². The molecule has 3 rings (SSSR count). The molecular formula is C19H36Si. The lowest BCUT2D eigenvalue weighted by molar-refractivity contribution is 0.621. The lowest BCUT2D eigenvalue weighted by atomic mass is 10.3. The van der Waals surface area contributed by atoms with E-state index >= 15 is 0 Å². The highest BCUT2D eigenvalue weighted by Crippen LogP contribution is 2.63. The molecule has 1 atom stereocenters. The average Bonchev–Trinajstić information content (AvgIpc) is 3.23. The van der Waals surface area contributed by atoms with E-state index in [-0.39, 0.29) is 0 Å². The van der Waals surface area contributed by atoms with E-state index in [1.54, 1.807) is 77.0 Å². The fraction of sp³-hybridized carbons (Fsp3) is 1.00. The quantitative estimate of drug-likeness (QED) is 0.475. The zero-order chi connectivity index (χ0) is 14.0. The van der Waals surface area contributed by atoms with E-state index in [9.17, 15) is 0 Å². The zero-order valence-electron chi connectivity index (χ0n) is 14.0. The van der Waals surface area contributed by atoms with Crippen molar-refractivity contribution >= 4 is 8.07 Å². The average molecular weight is 293 g/mol. The second-order valence-electron chi connectivity index (χ2n) is 8.25. The number of hydrogen-bond donors (Lipinski definition) is 0. The zero-order valence-corrected chi connectivity index (χ0v) is 15.0. The summed E-state index contributed by atoms with van der Waals surface area (Å²) in [4.78, 5) is 0. The third kappa shape index (κ3) is 2.42. The van der Waals surface area contributed by atoms with Crippen molar-refractivity contribution in [3.05, 3.63) is 0 Å². The summed E-state index contributed by atoms with van der Waals surface area (Å²) >= 11 is 0. The van der Waals surface area contributed by atoms with Crippen molar-refractivity contribution in [3.8, 4) is 0 Å². The van der Waals surface area contributed by atoms with Crippen molar-refractivity contribution in [1.29, 1.82) is 0 Å². The topological polar surface area (TPSA) is 0 Å². The Kier molecular flexibility index (Phi) is 4.95. The highest BCUT2D eigenvalue weighted by Gasteiger charge is 2.55. The van der Waals surface area contributed by atoms with Crippen molar-refractivity contribution < 1.29 is 0 Å². The molecule has 20 heavy (non-hydrogen) atoms. The van der Waals surface area contributed by atoms with Crippen molar-refractivity contribution in [2.75, 3.05) is 0 Å². The lowest BCUT2D eigenvalue weighted by Gasteiger charge is -2.51. The van der Waals surface area contributed by atoms with Gasteiger partial charge in [-0.1, -0.05) is 97.3 Å². The molecule has 3 aliphatic rings. The number of rotatable bonds is 5. The Morgan fingerprint density at radius 2 is 1.00 bits per heavy atom. The van der Waals surface area contributed by atoms with Gasteiger partial charge in [0.2, 0.25) is 0 Å². The molecule has 3 fully saturated rings. The van der Waals surface area contributed by atoms with Gasteiger partial charge in [-0.25, -0.2) is 0 Å². The smallest absolute Gasteiger partial charge is 0.0654 e. The minimum atomic E-state index is -1.10. The van der Waals surface area contributed by atoms with Gasteiger partial charge >= 0.3 is 0 Å². The third-order valence-corrected chi connectivity index (χ3v) is 15.7. The molecule has 0 spiro atoms. The molecule has 0 aromatic carbocycles. The molecule has 1 heteroatoms. The molecule has 1 unspecified atom stereocenters. The standard InChI is InChI=1S/C19H36Si/c1-3-16(2)20(17-10-4-5-11-17,18-12-6-7-13-18)19-14-8-9-15-19/h16-19H,3-15H2,1-2H3. The van der Waals surface area contributed by atoms with E-state index < -0.39 is 8.07 Å². The molecule has 0 saturated heterocycles. The molecule has 0 aromatic rings. The molecule has 0 bridgehead atoms. The minimum absolute atomic E-state index is 1.10. The summed E-state index contributed by atoms with van der Waals surface area (Å²) < 4.78 is 0. The molecule has 0 nitrogen and oxygen atoms in total. The highest BCUT2D eigenvalue weighted by molar-refractivity contribution is 6.85. The Morgan fingerprint density at radius 3 is 1.25 bits per heavy atom. The first kappa shape index (κ1) is 15.1. The van der Waals surface area contributed by atoms with Crippen LogP contribution >= 0.6 is 0 Å². The van der Waals surface area contributed by atoms with Gasteiger partial charge in [-0.05, 0) is 22.2 Å². The summed E-state index contributed by atoms with van der Waals surface area (Å²) in [6.45, 7) is 5.20. The van der Waals surface area contributed by atoms with Crippen molar-refractivity contribution in [2.24, 2.45) is 0 Å². The van der Waals surface area contributed by atoms with Crippen molar-refractivity contribution in [1.82, 2.24) is 0 Å². The molecule has 3 saturated carbocycles. The predicted molar refractivity (Wildman–Crippen MR) is 92.1 cm³/mol. The third-order valence-electron chi connectivity index (χ3n) is 7.65. The van der Waals surface area contributed by atoms with Gasteiger partial charge in [0.05, 0.1) is 8.07 Å². The van der Waals surface area contributed by atoms with Crippen LogP contribution in [0.5, 0.6) is 0 Å². The monoisotopic (exact) mass is 292 g/mol. The van der Waals surface area contributed by atoms with Gasteiger partial charge in [-0.3, -0.25) is 0 Å². The first-order valence-electron chi connectivity index (χ1n) is 9.80. The molecule has 0 heterocycles. The Bertz CT molecular complexity index is 252. The fourth-order valence-electron chi connectivity index (χ4n) is 6.84. The van der Waals surface area contributed by atoms with Crippen LogP contribution in [0, 0.1) is 0 Å². The van der Waals surface area contributed by atoms with Crippen LogP contribution in [-0.4, -0.2) is 8.07 Å². The second kappa shape index (κ2) is 6.54. The molecule has 0 N–H and O–H groups in total. The summed E-state index contributed by atoms with van der Waals surface area (Å²) in [7, 11) is -1.10. The maximum atomic E-state index is 2.70. The molecule has 0 amide bonds. The summed E-state index contributed by atoms with van der Waals surface area (Å²) in [5.41, 5.74) is 4.78. The normalized spacial score (nSPS) is 28.5. The van der Waals surface area contributed by atoms with Gasteiger partial charge in [-0.2, -0.15) is 0 Å². The Labute approximate surface area is 128 Å². The van der Waals surface area contributed by atoms with E-state index in [1.807, 2.05) is 0 Å². The van der Waals surface area contributed by atoms with Crippen LogP contribution in [0.1, 0.15) is 97.3 Å². The first-order chi connectivity index (χ1) is 9.80. The summed E-state index contributed by atoms with van der Waals surface area (Å²) in [5.74, 6) is 0. The molecular weight excluding hydrogens is 256 g/mol. The van der Waals surface area contributed by atoms with E-state index in [0.29, 0.717) is 0 Å². The maximum absolute atomic E-state index is 2.70. The van der Waals surface area contributed by atoms with Crippen LogP contribution in [0.3, 0.4) is 0 Å². The largest absolute Gasteiger partial charge is 0.0657 e. The SMILES string of the molecule is CCC(C)[Si](C1CCCC1)(C1CCCC1)C1CCCC1. The first-order valence-corrected chi connectivity index (χ1v) is 12.1. The van der Waals surface area contributed by atoms with E-state index in [1.165, 1.54) is 23.0 Å². The Balaban J connectivity index is 1.95. The molecule has 116 valence electrons. The Hall–Kier alpha value is 0.217. The minimum Gasteiger partial charge on any atom is -0.0654 e. The van der Waals surface area contributed by atoms with Gasteiger partial charge < -0.3 is 0 Å². The van der Waals surface area contributed by atoms with Crippen LogP contribution in [0.25, 0.3) is 0 Å². The predicted octanol–water partition coefficient (Wildman–Crippen LogP) is 7.07. The molecule has 0 aliphatic heterocycles. The molecule has 0 aromatic heterocycles. The molecule has 3 aliphatic carbocycles.